The Morgan fingerprint density at radius 2 is 1.80 bits per heavy atom. The first kappa shape index (κ1) is 9.22. The minimum absolute atomic E-state index is 0.301. The zero-order valence-electron chi connectivity index (χ0n) is 5.07. The van der Waals surface area contributed by atoms with Crippen molar-refractivity contribution in [2.24, 2.45) is 5.73 Å². The third kappa shape index (κ3) is 1.38. The number of halogens is 3. The van der Waals surface area contributed by atoms with Gasteiger partial charge in [0.15, 0.2) is 0 Å². The number of carbonyl (C=O) groups is 1. The Bertz CT molecular complexity index is 151. The number of nitrogens with two attached hydrogens (primary N) is 1. The summed E-state index contributed by atoms with van der Waals surface area (Å²) in [5, 5.41) is 8.33. The van der Waals surface area contributed by atoms with Gasteiger partial charge in [0.05, 0.1) is 0 Å². The SMILES string of the molecule is C[C@@](O)(C(N)=O)C(F)(F)F. The van der Waals surface area contributed by atoms with Gasteiger partial charge in [0, 0.05) is 0 Å². The van der Waals surface area contributed by atoms with Crippen LogP contribution in [0.2, 0.25) is 0 Å². The monoisotopic (exact) mass is 157 g/mol. The van der Waals surface area contributed by atoms with Gasteiger partial charge in [-0.05, 0) is 6.92 Å². The van der Waals surface area contributed by atoms with Crippen molar-refractivity contribution in [1.82, 2.24) is 0 Å². The van der Waals surface area contributed by atoms with Crippen molar-refractivity contribution < 1.29 is 23.1 Å². The molecule has 0 fully saturated rings. The van der Waals surface area contributed by atoms with Crippen molar-refractivity contribution in [3.63, 3.8) is 0 Å². The van der Waals surface area contributed by atoms with E-state index in [1.807, 2.05) is 0 Å². The Labute approximate surface area is 54.6 Å². The number of carbonyl (C=O) groups excluding carboxylic acids is 1. The highest BCUT2D eigenvalue weighted by Gasteiger charge is 2.54. The van der Waals surface area contributed by atoms with Crippen LogP contribution in [0.3, 0.4) is 0 Å². The normalized spacial score (nSPS) is 18.1. The number of rotatable bonds is 1. The summed E-state index contributed by atoms with van der Waals surface area (Å²) in [5.41, 5.74) is 0.824. The molecule has 0 saturated heterocycles. The number of primary amides is 1. The highest BCUT2D eigenvalue weighted by molar-refractivity contribution is 5.83. The lowest BCUT2D eigenvalue weighted by Gasteiger charge is -2.21. The number of hydrogen-bond acceptors (Lipinski definition) is 2. The van der Waals surface area contributed by atoms with Gasteiger partial charge in [0.2, 0.25) is 5.60 Å². The highest BCUT2D eigenvalue weighted by Crippen LogP contribution is 2.29. The van der Waals surface area contributed by atoms with Gasteiger partial charge in [-0.25, -0.2) is 0 Å². The Hall–Kier alpha value is -0.780. The second kappa shape index (κ2) is 2.12. The summed E-state index contributed by atoms with van der Waals surface area (Å²) in [5.74, 6) is -1.81. The van der Waals surface area contributed by atoms with Crippen LogP contribution >= 0.6 is 0 Å². The maximum atomic E-state index is 11.5. The molecular formula is C4H6F3NO2. The van der Waals surface area contributed by atoms with E-state index in [1.54, 1.807) is 0 Å². The van der Waals surface area contributed by atoms with E-state index in [0.717, 1.165) is 0 Å². The fraction of sp³-hybridized carbons (Fsp3) is 0.750. The molecule has 0 aromatic rings. The van der Waals surface area contributed by atoms with Gasteiger partial charge < -0.3 is 10.8 Å². The lowest BCUT2D eigenvalue weighted by atomic mass is 10.1. The molecular weight excluding hydrogens is 151 g/mol. The molecule has 0 aliphatic rings. The molecule has 0 aromatic carbocycles. The fourth-order valence-electron chi connectivity index (χ4n) is 0.140. The van der Waals surface area contributed by atoms with Crippen molar-refractivity contribution in [1.29, 1.82) is 0 Å². The Morgan fingerprint density at radius 1 is 1.50 bits per heavy atom. The zero-order chi connectivity index (χ0) is 8.58. The van der Waals surface area contributed by atoms with Crippen molar-refractivity contribution in [2.75, 3.05) is 0 Å². The molecule has 6 heteroatoms. The predicted molar refractivity (Wildman–Crippen MR) is 25.9 cm³/mol. The minimum atomic E-state index is -5.00. The van der Waals surface area contributed by atoms with Gasteiger partial charge in [-0.15, -0.1) is 0 Å². The Kier molecular flexibility index (Phi) is 1.95. The van der Waals surface area contributed by atoms with Crippen molar-refractivity contribution >= 4 is 5.91 Å². The number of aliphatic hydroxyl groups is 1. The van der Waals surface area contributed by atoms with Gasteiger partial charge in [-0.1, -0.05) is 0 Å². The predicted octanol–water partition coefficient (Wildman–Crippen LogP) is -0.215. The smallest absolute Gasteiger partial charge is 0.373 e. The van der Waals surface area contributed by atoms with E-state index in [4.69, 9.17) is 5.11 Å². The summed E-state index contributed by atoms with van der Waals surface area (Å²) >= 11 is 0. The average molecular weight is 157 g/mol. The van der Waals surface area contributed by atoms with Crippen LogP contribution < -0.4 is 5.73 Å². The molecule has 0 aromatic heterocycles. The molecule has 0 saturated carbocycles. The van der Waals surface area contributed by atoms with E-state index >= 15 is 0 Å². The summed E-state index contributed by atoms with van der Waals surface area (Å²) in [6.45, 7) is 0.301. The summed E-state index contributed by atoms with van der Waals surface area (Å²) in [4.78, 5) is 9.92. The largest absolute Gasteiger partial charge is 0.426 e. The topological polar surface area (TPSA) is 63.3 Å². The van der Waals surface area contributed by atoms with Gasteiger partial charge in [0.1, 0.15) is 0 Å². The second-order valence-electron chi connectivity index (χ2n) is 1.93. The van der Waals surface area contributed by atoms with Gasteiger partial charge in [-0.2, -0.15) is 13.2 Å². The molecule has 0 spiro atoms. The Balaban J connectivity index is 4.57. The van der Waals surface area contributed by atoms with Crippen molar-refractivity contribution in [2.45, 2.75) is 18.7 Å². The van der Waals surface area contributed by atoms with Crippen LogP contribution in [0.4, 0.5) is 13.2 Å². The molecule has 0 aliphatic heterocycles. The van der Waals surface area contributed by atoms with Crippen LogP contribution in [-0.2, 0) is 4.79 Å². The molecule has 3 nitrogen and oxygen atoms in total. The number of hydrogen-bond donors (Lipinski definition) is 2. The van der Waals surface area contributed by atoms with Crippen LogP contribution in [0, 0.1) is 0 Å². The first-order valence-electron chi connectivity index (χ1n) is 2.28. The van der Waals surface area contributed by atoms with Crippen LogP contribution in [-0.4, -0.2) is 22.8 Å². The first-order valence-corrected chi connectivity index (χ1v) is 2.28. The molecule has 0 heterocycles. The van der Waals surface area contributed by atoms with Crippen LogP contribution in [0.15, 0.2) is 0 Å². The third-order valence-corrected chi connectivity index (χ3v) is 1.03. The average Bonchev–Trinajstić information content (AvgIpc) is 1.62. The summed E-state index contributed by atoms with van der Waals surface area (Å²) < 4.78 is 34.6. The molecule has 10 heavy (non-hydrogen) atoms. The number of alkyl halides is 3. The van der Waals surface area contributed by atoms with Crippen LogP contribution in [0.1, 0.15) is 6.92 Å². The maximum Gasteiger partial charge on any atom is 0.426 e. The molecule has 0 radical (unpaired) electrons. The van der Waals surface area contributed by atoms with Gasteiger partial charge in [-0.3, -0.25) is 4.79 Å². The molecule has 60 valence electrons. The Morgan fingerprint density at radius 3 is 1.80 bits per heavy atom. The summed E-state index contributed by atoms with van der Waals surface area (Å²) in [7, 11) is 0. The molecule has 1 amide bonds. The first-order chi connectivity index (χ1) is 4.19. The lowest BCUT2D eigenvalue weighted by molar-refractivity contribution is -0.243. The molecule has 1 atom stereocenters. The maximum absolute atomic E-state index is 11.5. The van der Waals surface area contributed by atoms with Crippen molar-refractivity contribution in [3.05, 3.63) is 0 Å². The highest BCUT2D eigenvalue weighted by atomic mass is 19.4. The molecule has 0 aliphatic carbocycles. The van der Waals surface area contributed by atoms with E-state index in [9.17, 15) is 18.0 Å². The van der Waals surface area contributed by atoms with Crippen LogP contribution in [0.25, 0.3) is 0 Å². The standard InChI is InChI=1S/C4H6F3NO2/c1-3(10,2(8)9)4(5,6)7/h10H,1H3,(H2,8,9)/t3-/m1/s1. The van der Waals surface area contributed by atoms with E-state index in [-0.39, 0.29) is 0 Å². The summed E-state index contributed by atoms with van der Waals surface area (Å²) in [6, 6.07) is 0. The molecule has 3 N–H and O–H groups in total. The van der Waals surface area contributed by atoms with E-state index in [0.29, 0.717) is 6.92 Å². The summed E-state index contributed by atoms with van der Waals surface area (Å²) in [6.07, 6.45) is -5.00. The quantitative estimate of drug-likeness (QED) is 0.552. The molecule has 0 unspecified atom stereocenters. The minimum Gasteiger partial charge on any atom is -0.373 e. The van der Waals surface area contributed by atoms with Crippen molar-refractivity contribution in [3.8, 4) is 0 Å². The van der Waals surface area contributed by atoms with E-state index in [1.165, 1.54) is 0 Å². The fourth-order valence-corrected chi connectivity index (χ4v) is 0.140. The van der Waals surface area contributed by atoms with Crippen LogP contribution in [0.5, 0.6) is 0 Å². The lowest BCUT2D eigenvalue weighted by Crippen LogP contribution is -2.52. The third-order valence-electron chi connectivity index (χ3n) is 1.03. The second-order valence-corrected chi connectivity index (χ2v) is 1.93. The number of amides is 1. The van der Waals surface area contributed by atoms with Gasteiger partial charge >= 0.3 is 6.18 Å². The molecule has 0 bridgehead atoms. The molecule has 0 rings (SSSR count). The van der Waals surface area contributed by atoms with Gasteiger partial charge in [0.25, 0.3) is 5.91 Å². The van der Waals surface area contributed by atoms with E-state index in [2.05, 4.69) is 5.73 Å². The zero-order valence-corrected chi connectivity index (χ0v) is 5.07. The van der Waals surface area contributed by atoms with E-state index < -0.39 is 17.7 Å².